The van der Waals surface area contributed by atoms with Gasteiger partial charge in [0.05, 0.1) is 0 Å². The third kappa shape index (κ3) is 6.92. The molecule has 1 fully saturated rings. The summed E-state index contributed by atoms with van der Waals surface area (Å²) < 4.78 is 0. The highest BCUT2D eigenvalue weighted by molar-refractivity contribution is 5.74. The maximum Gasteiger partial charge on any atom is 0.317 e. The van der Waals surface area contributed by atoms with Gasteiger partial charge in [-0.25, -0.2) is 4.79 Å². The summed E-state index contributed by atoms with van der Waals surface area (Å²) in [5.41, 5.74) is 1.65. The zero-order valence-corrected chi connectivity index (χ0v) is 15.0. The van der Waals surface area contributed by atoms with Crippen molar-refractivity contribution in [1.29, 1.82) is 0 Å². The molecule has 2 rings (SSSR count). The van der Waals surface area contributed by atoms with Gasteiger partial charge in [0.2, 0.25) is 0 Å². The number of urea groups is 1. The molecule has 1 aliphatic heterocycles. The van der Waals surface area contributed by atoms with Crippen molar-refractivity contribution in [3.8, 4) is 0 Å². The fourth-order valence-electron chi connectivity index (χ4n) is 3.31. The van der Waals surface area contributed by atoms with Gasteiger partial charge in [-0.05, 0) is 59.2 Å². The van der Waals surface area contributed by atoms with Gasteiger partial charge in [0.1, 0.15) is 0 Å². The zero-order valence-electron chi connectivity index (χ0n) is 15.0. The van der Waals surface area contributed by atoms with Crippen LogP contribution in [0.5, 0.6) is 0 Å². The van der Waals surface area contributed by atoms with Gasteiger partial charge in [-0.1, -0.05) is 11.6 Å². The summed E-state index contributed by atoms with van der Waals surface area (Å²) in [6.07, 6.45) is 9.98. The van der Waals surface area contributed by atoms with Crippen LogP contribution in [0.2, 0.25) is 0 Å². The molecule has 5 nitrogen and oxygen atoms in total. The maximum atomic E-state index is 12.1. The molecule has 132 valence electrons. The summed E-state index contributed by atoms with van der Waals surface area (Å²) in [7, 11) is 4.12. The predicted octanol–water partition coefficient (Wildman–Crippen LogP) is 2.16. The lowest BCUT2D eigenvalue weighted by Crippen LogP contribution is -2.52. The molecule has 0 spiro atoms. The second-order valence-electron chi connectivity index (χ2n) is 7.08. The monoisotopic (exact) mass is 322 g/mol. The minimum atomic E-state index is 0.110. The SMILES string of the molecule is CN(C)CCCNC(=O)N1CCN(CCC2=CCCCC2)CC1. The number of nitrogens with one attached hydrogen (secondary N) is 1. The molecule has 1 saturated heterocycles. The Morgan fingerprint density at radius 2 is 2.00 bits per heavy atom. The van der Waals surface area contributed by atoms with Gasteiger partial charge < -0.3 is 15.1 Å². The van der Waals surface area contributed by atoms with E-state index < -0.39 is 0 Å². The quantitative estimate of drug-likeness (QED) is 0.577. The van der Waals surface area contributed by atoms with Crippen LogP contribution in [0, 0.1) is 0 Å². The molecule has 0 unspecified atom stereocenters. The lowest BCUT2D eigenvalue weighted by molar-refractivity contribution is 0.139. The van der Waals surface area contributed by atoms with Crippen LogP contribution in [0.1, 0.15) is 38.5 Å². The van der Waals surface area contributed by atoms with Crippen LogP contribution >= 0.6 is 0 Å². The minimum absolute atomic E-state index is 0.110. The van der Waals surface area contributed by atoms with E-state index in [1.54, 1.807) is 5.57 Å². The van der Waals surface area contributed by atoms with Crippen LogP contribution in [0.25, 0.3) is 0 Å². The Labute approximate surface area is 141 Å². The first-order valence-electron chi connectivity index (χ1n) is 9.23. The first-order valence-corrected chi connectivity index (χ1v) is 9.23. The van der Waals surface area contributed by atoms with E-state index >= 15 is 0 Å². The van der Waals surface area contributed by atoms with E-state index in [9.17, 15) is 4.79 Å². The fourth-order valence-corrected chi connectivity index (χ4v) is 3.31. The number of allylic oxidation sites excluding steroid dienone is 1. The second kappa shape index (κ2) is 9.93. The third-order valence-electron chi connectivity index (χ3n) is 4.85. The number of carbonyl (C=O) groups excluding carboxylic acids is 1. The lowest BCUT2D eigenvalue weighted by atomic mass is 9.97. The molecule has 0 aromatic rings. The highest BCUT2D eigenvalue weighted by atomic mass is 16.2. The van der Waals surface area contributed by atoms with Crippen LogP contribution in [0.3, 0.4) is 0 Å². The van der Waals surface area contributed by atoms with E-state index in [0.717, 1.165) is 52.2 Å². The van der Waals surface area contributed by atoms with Crippen molar-refractivity contribution >= 4 is 6.03 Å². The van der Waals surface area contributed by atoms with Crippen molar-refractivity contribution < 1.29 is 4.79 Å². The molecule has 2 amide bonds. The van der Waals surface area contributed by atoms with E-state index in [2.05, 4.69) is 35.3 Å². The van der Waals surface area contributed by atoms with Crippen LogP contribution in [0.4, 0.5) is 4.79 Å². The van der Waals surface area contributed by atoms with Gasteiger partial charge >= 0.3 is 6.03 Å². The zero-order chi connectivity index (χ0) is 16.5. The first kappa shape index (κ1) is 18.3. The second-order valence-corrected chi connectivity index (χ2v) is 7.08. The van der Waals surface area contributed by atoms with Crippen LogP contribution in [-0.4, -0.2) is 80.6 Å². The summed E-state index contributed by atoms with van der Waals surface area (Å²) in [5, 5.41) is 3.04. The van der Waals surface area contributed by atoms with Crippen molar-refractivity contribution in [2.24, 2.45) is 0 Å². The fraction of sp³-hybridized carbons (Fsp3) is 0.833. The number of hydrogen-bond donors (Lipinski definition) is 1. The Balaban J connectivity index is 1.57. The summed E-state index contributed by atoms with van der Waals surface area (Å²) >= 11 is 0. The van der Waals surface area contributed by atoms with Gasteiger partial charge in [0, 0.05) is 39.3 Å². The Kier molecular flexibility index (Phi) is 7.89. The average molecular weight is 322 g/mol. The van der Waals surface area contributed by atoms with E-state index in [0.29, 0.717) is 0 Å². The molecule has 0 saturated carbocycles. The molecule has 0 atom stereocenters. The number of rotatable bonds is 7. The molecule has 5 heteroatoms. The summed E-state index contributed by atoms with van der Waals surface area (Å²) in [6.45, 7) is 6.69. The van der Waals surface area contributed by atoms with Crippen molar-refractivity contribution in [2.75, 3.05) is 59.9 Å². The molecule has 2 aliphatic rings. The van der Waals surface area contributed by atoms with Gasteiger partial charge in [-0.2, -0.15) is 0 Å². The molecule has 0 aromatic heterocycles. The number of carbonyl (C=O) groups is 1. The topological polar surface area (TPSA) is 38.8 Å². The first-order chi connectivity index (χ1) is 11.1. The number of hydrogen-bond acceptors (Lipinski definition) is 3. The summed E-state index contributed by atoms with van der Waals surface area (Å²) in [5.74, 6) is 0. The molecule has 1 N–H and O–H groups in total. The van der Waals surface area contributed by atoms with Crippen molar-refractivity contribution in [2.45, 2.75) is 38.5 Å². The van der Waals surface area contributed by atoms with E-state index in [1.807, 2.05) is 4.90 Å². The smallest absolute Gasteiger partial charge is 0.317 e. The van der Waals surface area contributed by atoms with E-state index in [4.69, 9.17) is 0 Å². The van der Waals surface area contributed by atoms with Crippen molar-refractivity contribution in [1.82, 2.24) is 20.0 Å². The summed E-state index contributed by atoms with van der Waals surface area (Å²) in [4.78, 5) is 18.7. The van der Waals surface area contributed by atoms with Gasteiger partial charge in [0.25, 0.3) is 0 Å². The standard InChI is InChI=1S/C18H34N4O/c1-20(2)11-6-10-19-18(23)22-15-13-21(14-16-22)12-9-17-7-4-3-5-8-17/h7H,3-6,8-16H2,1-2H3,(H,19,23). The maximum absolute atomic E-state index is 12.1. The van der Waals surface area contributed by atoms with Gasteiger partial charge in [-0.3, -0.25) is 4.90 Å². The molecular weight excluding hydrogens is 288 g/mol. The van der Waals surface area contributed by atoms with Gasteiger partial charge in [0.15, 0.2) is 0 Å². The third-order valence-corrected chi connectivity index (χ3v) is 4.85. The molecule has 0 radical (unpaired) electrons. The van der Waals surface area contributed by atoms with E-state index in [1.165, 1.54) is 32.1 Å². The highest BCUT2D eigenvalue weighted by Crippen LogP contribution is 2.20. The van der Waals surface area contributed by atoms with Crippen LogP contribution < -0.4 is 5.32 Å². The number of amides is 2. The normalized spacial score (nSPS) is 19.8. The molecule has 0 aromatic carbocycles. The summed E-state index contributed by atoms with van der Waals surface area (Å²) in [6, 6.07) is 0.110. The number of nitrogens with zero attached hydrogens (tertiary/aromatic N) is 3. The Morgan fingerprint density at radius 3 is 2.65 bits per heavy atom. The molecule has 1 aliphatic carbocycles. The largest absolute Gasteiger partial charge is 0.338 e. The Morgan fingerprint density at radius 1 is 1.22 bits per heavy atom. The van der Waals surface area contributed by atoms with Crippen LogP contribution in [0.15, 0.2) is 11.6 Å². The molecular formula is C18H34N4O. The molecule has 1 heterocycles. The van der Waals surface area contributed by atoms with Crippen LogP contribution in [-0.2, 0) is 0 Å². The van der Waals surface area contributed by atoms with E-state index in [-0.39, 0.29) is 6.03 Å². The molecule has 23 heavy (non-hydrogen) atoms. The lowest BCUT2D eigenvalue weighted by Gasteiger charge is -2.35. The van der Waals surface area contributed by atoms with Crippen molar-refractivity contribution in [3.05, 3.63) is 11.6 Å². The van der Waals surface area contributed by atoms with Gasteiger partial charge in [-0.15, -0.1) is 0 Å². The number of piperazine rings is 1. The van der Waals surface area contributed by atoms with Crippen molar-refractivity contribution in [3.63, 3.8) is 0 Å². The molecule has 0 bridgehead atoms. The Bertz CT molecular complexity index is 386. The average Bonchev–Trinajstić information content (AvgIpc) is 2.58. The highest BCUT2D eigenvalue weighted by Gasteiger charge is 2.20. The minimum Gasteiger partial charge on any atom is -0.338 e. The Hall–Kier alpha value is -1.07. The predicted molar refractivity (Wildman–Crippen MR) is 95.8 cm³/mol.